The van der Waals surface area contributed by atoms with Gasteiger partial charge in [0.2, 0.25) is 11.8 Å². The van der Waals surface area contributed by atoms with Gasteiger partial charge in [0.05, 0.1) is 6.54 Å². The van der Waals surface area contributed by atoms with Crippen LogP contribution in [-0.2, 0) is 9.59 Å². The van der Waals surface area contributed by atoms with E-state index in [9.17, 15) is 14.0 Å². The molecular weight excluding hydrogens is 237 g/mol. The number of nitrogens with one attached hydrogen (secondary N) is 2. The molecule has 0 saturated heterocycles. The minimum absolute atomic E-state index is 0.0574. The van der Waals surface area contributed by atoms with E-state index in [0.29, 0.717) is 11.3 Å². The van der Waals surface area contributed by atoms with Crippen LogP contribution in [0.25, 0.3) is 0 Å². The Bertz CT molecular complexity index is 502. The zero-order valence-corrected chi connectivity index (χ0v) is 10.2. The van der Waals surface area contributed by atoms with E-state index in [-0.39, 0.29) is 18.4 Å². The number of nitrogens with zero attached hydrogens (tertiary/aromatic N) is 1. The number of benzene rings is 1. The van der Waals surface area contributed by atoms with Gasteiger partial charge in [-0.25, -0.2) is 4.39 Å². The summed E-state index contributed by atoms with van der Waals surface area (Å²) in [6, 6.07) is 3.49. The van der Waals surface area contributed by atoms with Crippen LogP contribution in [0.15, 0.2) is 18.2 Å². The summed E-state index contributed by atoms with van der Waals surface area (Å²) in [5, 5.41) is 5.44. The fraction of sp³-hybridized carbons (Fsp3) is 0.333. The Morgan fingerprint density at radius 2 is 2.22 bits per heavy atom. The van der Waals surface area contributed by atoms with E-state index in [1.54, 1.807) is 20.2 Å². The summed E-state index contributed by atoms with van der Waals surface area (Å²) in [6.45, 7) is 0.0574. The highest BCUT2D eigenvalue weighted by Gasteiger charge is 2.30. The number of likely N-dealkylation sites (N-methyl/N-ethyl adjacent to an activating group) is 1. The monoisotopic (exact) mass is 251 g/mol. The summed E-state index contributed by atoms with van der Waals surface area (Å²) in [6.07, 6.45) is 0. The van der Waals surface area contributed by atoms with Gasteiger partial charge in [-0.05, 0) is 12.1 Å². The molecule has 0 aliphatic carbocycles. The first-order valence-electron chi connectivity index (χ1n) is 5.53. The third kappa shape index (κ3) is 2.33. The third-order valence-electron chi connectivity index (χ3n) is 2.80. The standard InChI is InChI=1S/C12H14FN3O2/c1-16(2)10(17)6-14-11-8-4-3-7(13)5-9(8)15-12(11)18/h3-5,11,14H,6H2,1-2H3,(H,15,18). The van der Waals surface area contributed by atoms with E-state index in [2.05, 4.69) is 10.6 Å². The van der Waals surface area contributed by atoms with Crippen molar-refractivity contribution in [2.45, 2.75) is 6.04 Å². The van der Waals surface area contributed by atoms with Crippen LogP contribution < -0.4 is 10.6 Å². The molecule has 2 rings (SSSR count). The van der Waals surface area contributed by atoms with Crippen LogP contribution in [0.2, 0.25) is 0 Å². The fourth-order valence-corrected chi connectivity index (χ4v) is 1.78. The lowest BCUT2D eigenvalue weighted by molar-refractivity contribution is -0.128. The van der Waals surface area contributed by atoms with Crippen LogP contribution in [0.5, 0.6) is 0 Å². The molecule has 1 unspecified atom stereocenters. The highest BCUT2D eigenvalue weighted by atomic mass is 19.1. The number of rotatable bonds is 3. The molecule has 0 fully saturated rings. The number of fused-ring (bicyclic) bond motifs is 1. The van der Waals surface area contributed by atoms with E-state index in [0.717, 1.165) is 0 Å². The van der Waals surface area contributed by atoms with Gasteiger partial charge in [-0.3, -0.25) is 14.9 Å². The SMILES string of the molecule is CN(C)C(=O)CNC1C(=O)Nc2cc(F)ccc21. The molecule has 0 spiro atoms. The third-order valence-corrected chi connectivity index (χ3v) is 2.80. The maximum Gasteiger partial charge on any atom is 0.246 e. The van der Waals surface area contributed by atoms with Crippen molar-refractivity contribution in [2.24, 2.45) is 0 Å². The largest absolute Gasteiger partial charge is 0.348 e. The van der Waals surface area contributed by atoms with E-state index in [1.807, 2.05) is 0 Å². The topological polar surface area (TPSA) is 61.4 Å². The summed E-state index contributed by atoms with van der Waals surface area (Å²) in [4.78, 5) is 24.6. The number of anilines is 1. The summed E-state index contributed by atoms with van der Waals surface area (Å²) < 4.78 is 13.0. The van der Waals surface area contributed by atoms with Gasteiger partial charge in [-0.1, -0.05) is 6.07 Å². The zero-order chi connectivity index (χ0) is 13.3. The van der Waals surface area contributed by atoms with Gasteiger partial charge in [0.15, 0.2) is 0 Å². The highest BCUT2D eigenvalue weighted by Crippen LogP contribution is 2.30. The molecule has 5 nitrogen and oxygen atoms in total. The van der Waals surface area contributed by atoms with E-state index < -0.39 is 11.9 Å². The molecule has 1 aromatic rings. The average Bonchev–Trinajstić information content (AvgIpc) is 2.60. The lowest BCUT2D eigenvalue weighted by Crippen LogP contribution is -2.37. The Labute approximate surface area is 104 Å². The minimum Gasteiger partial charge on any atom is -0.348 e. The van der Waals surface area contributed by atoms with Crippen LogP contribution in [-0.4, -0.2) is 37.4 Å². The van der Waals surface area contributed by atoms with Gasteiger partial charge in [-0.15, -0.1) is 0 Å². The van der Waals surface area contributed by atoms with Crippen LogP contribution in [0.1, 0.15) is 11.6 Å². The average molecular weight is 251 g/mol. The van der Waals surface area contributed by atoms with Gasteiger partial charge in [0.25, 0.3) is 0 Å². The van der Waals surface area contributed by atoms with Crippen LogP contribution in [0, 0.1) is 5.82 Å². The van der Waals surface area contributed by atoms with Crippen molar-refractivity contribution in [3.05, 3.63) is 29.6 Å². The van der Waals surface area contributed by atoms with Crippen molar-refractivity contribution in [3.63, 3.8) is 0 Å². The van der Waals surface area contributed by atoms with E-state index in [4.69, 9.17) is 0 Å². The molecule has 1 atom stereocenters. The number of hydrogen-bond acceptors (Lipinski definition) is 3. The van der Waals surface area contributed by atoms with Crippen LogP contribution in [0.3, 0.4) is 0 Å². The quantitative estimate of drug-likeness (QED) is 0.822. The predicted molar refractivity (Wildman–Crippen MR) is 64.5 cm³/mol. The molecular formula is C12H14FN3O2. The lowest BCUT2D eigenvalue weighted by atomic mass is 10.1. The van der Waals surface area contributed by atoms with Crippen molar-refractivity contribution in [3.8, 4) is 0 Å². The van der Waals surface area contributed by atoms with Gasteiger partial charge in [-0.2, -0.15) is 0 Å². The second-order valence-corrected chi connectivity index (χ2v) is 4.32. The Morgan fingerprint density at radius 1 is 1.50 bits per heavy atom. The summed E-state index contributed by atoms with van der Waals surface area (Å²) >= 11 is 0. The van der Waals surface area contributed by atoms with Crippen molar-refractivity contribution >= 4 is 17.5 Å². The fourth-order valence-electron chi connectivity index (χ4n) is 1.78. The van der Waals surface area contributed by atoms with Gasteiger partial charge in [0, 0.05) is 25.3 Å². The predicted octanol–water partition coefficient (Wildman–Crippen LogP) is 0.497. The molecule has 1 aromatic carbocycles. The second kappa shape index (κ2) is 4.73. The first-order valence-corrected chi connectivity index (χ1v) is 5.53. The Morgan fingerprint density at radius 3 is 2.89 bits per heavy atom. The number of amides is 2. The highest BCUT2D eigenvalue weighted by molar-refractivity contribution is 6.02. The van der Waals surface area contributed by atoms with Gasteiger partial charge >= 0.3 is 0 Å². The Balaban J connectivity index is 2.11. The summed E-state index contributed by atoms with van der Waals surface area (Å²) in [5.74, 6) is -0.806. The molecule has 0 saturated carbocycles. The molecule has 0 bridgehead atoms. The van der Waals surface area contributed by atoms with E-state index in [1.165, 1.54) is 17.0 Å². The number of hydrogen-bond donors (Lipinski definition) is 2. The molecule has 6 heteroatoms. The normalized spacial score (nSPS) is 17.3. The molecule has 0 radical (unpaired) electrons. The molecule has 18 heavy (non-hydrogen) atoms. The lowest BCUT2D eigenvalue weighted by Gasteiger charge is -2.14. The summed E-state index contributed by atoms with van der Waals surface area (Å²) in [5.41, 5.74) is 1.11. The van der Waals surface area contributed by atoms with Gasteiger partial charge in [0.1, 0.15) is 11.9 Å². The Hall–Kier alpha value is -1.95. The second-order valence-electron chi connectivity index (χ2n) is 4.32. The maximum absolute atomic E-state index is 13.0. The molecule has 2 N–H and O–H groups in total. The Kier molecular flexibility index (Phi) is 3.29. The summed E-state index contributed by atoms with van der Waals surface area (Å²) in [7, 11) is 3.28. The number of carbonyl (C=O) groups excluding carboxylic acids is 2. The van der Waals surface area contributed by atoms with Crippen LogP contribution >= 0.6 is 0 Å². The molecule has 1 heterocycles. The van der Waals surface area contributed by atoms with Crippen molar-refractivity contribution in [2.75, 3.05) is 26.0 Å². The zero-order valence-electron chi connectivity index (χ0n) is 10.2. The van der Waals surface area contributed by atoms with Crippen LogP contribution in [0.4, 0.5) is 10.1 Å². The molecule has 96 valence electrons. The molecule has 2 amide bonds. The van der Waals surface area contributed by atoms with Crippen molar-refractivity contribution < 1.29 is 14.0 Å². The molecule has 1 aliphatic rings. The first kappa shape index (κ1) is 12.5. The van der Waals surface area contributed by atoms with Gasteiger partial charge < -0.3 is 10.2 Å². The van der Waals surface area contributed by atoms with E-state index >= 15 is 0 Å². The first-order chi connectivity index (χ1) is 8.49. The number of carbonyl (C=O) groups is 2. The molecule has 0 aromatic heterocycles. The molecule has 1 aliphatic heterocycles. The van der Waals surface area contributed by atoms with Crippen molar-refractivity contribution in [1.82, 2.24) is 10.2 Å². The maximum atomic E-state index is 13.0. The number of halogens is 1. The van der Waals surface area contributed by atoms with Crippen molar-refractivity contribution in [1.29, 1.82) is 0 Å². The smallest absolute Gasteiger partial charge is 0.246 e. The minimum atomic E-state index is -0.607.